The lowest BCUT2D eigenvalue weighted by molar-refractivity contribution is -0.175. The Labute approximate surface area is 236 Å². The van der Waals surface area contributed by atoms with Crippen LogP contribution in [0.5, 0.6) is 5.75 Å². The zero-order valence-corrected chi connectivity index (χ0v) is 23.4. The van der Waals surface area contributed by atoms with Crippen LogP contribution >= 0.6 is 0 Å². The fourth-order valence-electron chi connectivity index (χ4n) is 4.79. The molecular weight excluding hydrogens is 513 g/mol. The molecule has 0 saturated carbocycles. The number of rotatable bonds is 13. The maximum Gasteiger partial charge on any atom is 0.201 e. The van der Waals surface area contributed by atoms with Crippen LogP contribution in [0.3, 0.4) is 0 Å². The van der Waals surface area contributed by atoms with Gasteiger partial charge >= 0.3 is 0 Å². The third-order valence-electron chi connectivity index (χ3n) is 7.22. The van der Waals surface area contributed by atoms with E-state index >= 15 is 0 Å². The van der Waals surface area contributed by atoms with Crippen molar-refractivity contribution in [3.8, 4) is 28.0 Å². The Balaban J connectivity index is 1.37. The van der Waals surface area contributed by atoms with Crippen LogP contribution in [0.25, 0.3) is 28.3 Å². The van der Waals surface area contributed by atoms with Gasteiger partial charge in [0.1, 0.15) is 5.82 Å². The van der Waals surface area contributed by atoms with Crippen molar-refractivity contribution < 1.29 is 27.4 Å². The maximum atomic E-state index is 14.9. The summed E-state index contributed by atoms with van der Waals surface area (Å²) in [6.07, 6.45) is 10.4. The Kier molecular flexibility index (Phi) is 11.2. The van der Waals surface area contributed by atoms with Gasteiger partial charge in [0.15, 0.2) is 17.9 Å². The third-order valence-corrected chi connectivity index (χ3v) is 7.22. The van der Waals surface area contributed by atoms with Gasteiger partial charge in [0, 0.05) is 17.0 Å². The highest BCUT2D eigenvalue weighted by Crippen LogP contribution is 2.32. The fourth-order valence-corrected chi connectivity index (χ4v) is 4.79. The minimum absolute atomic E-state index is 0.0770. The Hall–Kier alpha value is -3.09. The zero-order valence-electron chi connectivity index (χ0n) is 23.4. The van der Waals surface area contributed by atoms with Gasteiger partial charge in [-0.1, -0.05) is 88.4 Å². The van der Waals surface area contributed by atoms with Gasteiger partial charge in [-0.05, 0) is 53.8 Å². The van der Waals surface area contributed by atoms with E-state index in [9.17, 15) is 13.2 Å². The van der Waals surface area contributed by atoms with Crippen molar-refractivity contribution in [2.24, 2.45) is 5.92 Å². The largest absolute Gasteiger partial charge is 0.490 e. The second-order valence-corrected chi connectivity index (χ2v) is 10.4. The average molecular weight is 553 g/mol. The van der Waals surface area contributed by atoms with Crippen LogP contribution in [-0.4, -0.2) is 26.1 Å². The van der Waals surface area contributed by atoms with Crippen LogP contribution in [0, 0.1) is 23.4 Å². The SMILES string of the molecule is CCCCCOc1ccc(-c2ccc(-c3ccc(C=CC4OCC(CCCCC)CO4)c(F)c3)cc2)c(F)c1F. The predicted molar refractivity (Wildman–Crippen MR) is 155 cm³/mol. The van der Waals surface area contributed by atoms with Gasteiger partial charge in [0.05, 0.1) is 19.8 Å². The third kappa shape index (κ3) is 7.98. The van der Waals surface area contributed by atoms with Gasteiger partial charge in [-0.2, -0.15) is 4.39 Å². The molecule has 3 aromatic carbocycles. The topological polar surface area (TPSA) is 27.7 Å². The molecule has 1 aliphatic heterocycles. The van der Waals surface area contributed by atoms with Crippen LogP contribution in [0.15, 0.2) is 60.7 Å². The first-order valence-electron chi connectivity index (χ1n) is 14.4. The van der Waals surface area contributed by atoms with E-state index in [2.05, 4.69) is 13.8 Å². The minimum atomic E-state index is -0.986. The van der Waals surface area contributed by atoms with Crippen LogP contribution in [0.4, 0.5) is 13.2 Å². The first-order valence-corrected chi connectivity index (χ1v) is 14.4. The summed E-state index contributed by atoms with van der Waals surface area (Å²) in [6.45, 7) is 5.92. The van der Waals surface area contributed by atoms with Crippen molar-refractivity contribution in [2.75, 3.05) is 19.8 Å². The van der Waals surface area contributed by atoms with Crippen LogP contribution in [0.2, 0.25) is 0 Å². The molecule has 1 aliphatic rings. The molecule has 3 aromatic rings. The molecule has 1 heterocycles. The van der Waals surface area contributed by atoms with Crippen molar-refractivity contribution in [1.82, 2.24) is 0 Å². The lowest BCUT2D eigenvalue weighted by Crippen LogP contribution is -2.30. The smallest absolute Gasteiger partial charge is 0.201 e. The van der Waals surface area contributed by atoms with Gasteiger partial charge < -0.3 is 14.2 Å². The lowest BCUT2D eigenvalue weighted by Gasteiger charge is -2.27. The number of benzene rings is 3. The summed E-state index contributed by atoms with van der Waals surface area (Å²) in [7, 11) is 0. The zero-order chi connectivity index (χ0) is 28.3. The number of halogens is 3. The molecule has 214 valence electrons. The van der Waals surface area contributed by atoms with E-state index in [1.165, 1.54) is 37.5 Å². The van der Waals surface area contributed by atoms with E-state index in [-0.39, 0.29) is 17.1 Å². The van der Waals surface area contributed by atoms with Gasteiger partial charge in [0.25, 0.3) is 0 Å². The van der Waals surface area contributed by atoms with E-state index in [0.717, 1.165) is 31.2 Å². The molecule has 0 radical (unpaired) electrons. The molecule has 0 bridgehead atoms. The maximum absolute atomic E-state index is 14.9. The van der Waals surface area contributed by atoms with Crippen LogP contribution in [0.1, 0.15) is 64.4 Å². The van der Waals surface area contributed by atoms with Crippen molar-refractivity contribution in [3.63, 3.8) is 0 Å². The van der Waals surface area contributed by atoms with E-state index in [1.54, 1.807) is 42.5 Å². The fraction of sp³-hybridized carbons (Fsp3) is 0.412. The first kappa shape index (κ1) is 29.9. The standard InChI is InChI=1S/C34H39F3O3/c1-3-5-7-9-24-22-39-32(40-23-24)19-16-27-14-15-28(21-30(27)35)25-10-12-26(13-11-25)29-17-18-31(34(37)33(29)36)38-20-8-6-4-2/h10-19,21,24,32H,3-9,20,22-23H2,1-2H3. The van der Waals surface area contributed by atoms with Gasteiger partial charge in [-0.15, -0.1) is 0 Å². The average Bonchev–Trinajstić information content (AvgIpc) is 2.98. The van der Waals surface area contributed by atoms with E-state index in [0.29, 0.717) is 42.4 Å². The molecule has 1 fully saturated rings. The molecule has 0 amide bonds. The summed E-state index contributed by atoms with van der Waals surface area (Å²) in [4.78, 5) is 0. The van der Waals surface area contributed by atoms with Crippen molar-refractivity contribution in [2.45, 2.75) is 65.1 Å². The molecule has 6 heteroatoms. The quantitative estimate of drug-likeness (QED) is 0.198. The summed E-state index contributed by atoms with van der Waals surface area (Å²) < 4.78 is 61.3. The van der Waals surface area contributed by atoms with Gasteiger partial charge in [-0.25, -0.2) is 8.78 Å². The molecule has 0 aliphatic carbocycles. The Bertz CT molecular complexity index is 1250. The Morgan fingerprint density at radius 1 is 0.775 bits per heavy atom. The Morgan fingerprint density at radius 2 is 1.45 bits per heavy atom. The predicted octanol–water partition coefficient (Wildman–Crippen LogP) is 9.59. The lowest BCUT2D eigenvalue weighted by atomic mass is 9.98. The number of ether oxygens (including phenoxy) is 3. The van der Waals surface area contributed by atoms with E-state index in [1.807, 2.05) is 6.07 Å². The molecule has 0 N–H and O–H groups in total. The highest BCUT2D eigenvalue weighted by atomic mass is 19.2. The molecule has 0 atom stereocenters. The highest BCUT2D eigenvalue weighted by molar-refractivity contribution is 5.72. The van der Waals surface area contributed by atoms with Gasteiger partial charge in [0.2, 0.25) is 5.82 Å². The number of hydrogen-bond acceptors (Lipinski definition) is 3. The molecule has 0 unspecified atom stereocenters. The summed E-state index contributed by atoms with van der Waals surface area (Å²) in [5, 5.41) is 0. The van der Waals surface area contributed by atoms with E-state index in [4.69, 9.17) is 14.2 Å². The van der Waals surface area contributed by atoms with Crippen molar-refractivity contribution >= 4 is 6.08 Å². The molecule has 0 aromatic heterocycles. The number of hydrogen-bond donors (Lipinski definition) is 0. The summed E-state index contributed by atoms with van der Waals surface area (Å²) in [6, 6.07) is 14.9. The normalized spacial score (nSPS) is 17.4. The van der Waals surface area contributed by atoms with Crippen LogP contribution in [-0.2, 0) is 9.47 Å². The molecule has 0 spiro atoms. The molecule has 4 rings (SSSR count). The molecule has 1 saturated heterocycles. The second kappa shape index (κ2) is 15.1. The molecule has 3 nitrogen and oxygen atoms in total. The Morgan fingerprint density at radius 3 is 2.15 bits per heavy atom. The minimum Gasteiger partial charge on any atom is -0.490 e. The number of unbranched alkanes of at least 4 members (excludes halogenated alkanes) is 4. The van der Waals surface area contributed by atoms with Gasteiger partial charge in [-0.3, -0.25) is 0 Å². The monoisotopic (exact) mass is 552 g/mol. The molecule has 40 heavy (non-hydrogen) atoms. The van der Waals surface area contributed by atoms with Crippen molar-refractivity contribution in [3.05, 3.63) is 83.7 Å². The van der Waals surface area contributed by atoms with Crippen molar-refractivity contribution in [1.29, 1.82) is 0 Å². The summed E-state index contributed by atoms with van der Waals surface area (Å²) >= 11 is 0. The van der Waals surface area contributed by atoms with Crippen LogP contribution < -0.4 is 4.74 Å². The second-order valence-electron chi connectivity index (χ2n) is 10.4. The molecular formula is C34H39F3O3. The first-order chi connectivity index (χ1) is 19.5. The summed E-state index contributed by atoms with van der Waals surface area (Å²) in [5.74, 6) is -1.95. The van der Waals surface area contributed by atoms with E-state index < -0.39 is 17.9 Å². The summed E-state index contributed by atoms with van der Waals surface area (Å²) in [5.41, 5.74) is 2.56. The highest BCUT2D eigenvalue weighted by Gasteiger charge is 2.20.